The number of aromatic nitrogens is 2. The van der Waals surface area contributed by atoms with Crippen molar-refractivity contribution in [2.45, 2.75) is 149 Å². The minimum Gasteiger partial charge on any atom is -0.494 e. The van der Waals surface area contributed by atoms with Crippen LogP contribution < -0.4 is 14.5 Å². The summed E-state index contributed by atoms with van der Waals surface area (Å²) >= 11 is 3.23. The fourth-order valence-electron chi connectivity index (χ4n) is 9.76. The summed E-state index contributed by atoms with van der Waals surface area (Å²) in [4.78, 5) is 15.2. The van der Waals surface area contributed by atoms with Crippen LogP contribution in [0.4, 0.5) is 10.3 Å². The summed E-state index contributed by atoms with van der Waals surface area (Å²) in [6.07, 6.45) is 1.02. The molecule has 2 aliphatic heterocycles. The summed E-state index contributed by atoms with van der Waals surface area (Å²) < 4.78 is 65.3. The number of anilines is 2. The van der Waals surface area contributed by atoms with Crippen LogP contribution in [-0.2, 0) is 26.5 Å². The molecule has 0 atom stereocenters. The number of nitrogens with zero attached hydrogens (tertiary/aromatic N) is 6. The summed E-state index contributed by atoms with van der Waals surface area (Å²) in [5.74, 6) is 2.04. The van der Waals surface area contributed by atoms with Crippen LogP contribution in [0.25, 0.3) is 22.5 Å². The molecule has 2 saturated heterocycles. The normalized spacial score (nSPS) is 15.3. The van der Waals surface area contributed by atoms with E-state index in [2.05, 4.69) is 159 Å². The molecule has 0 unspecified atom stereocenters. The lowest BCUT2D eigenvalue weighted by Crippen LogP contribution is -2.49. The van der Waals surface area contributed by atoms with Crippen LogP contribution in [-0.4, -0.2) is 94.4 Å². The maximum atomic E-state index is 14.1. The number of hydrogen-bond donors (Lipinski definition) is 0. The maximum absolute atomic E-state index is 14.1. The third-order valence-electron chi connectivity index (χ3n) is 14.5. The van der Waals surface area contributed by atoms with Crippen molar-refractivity contribution in [1.82, 2.24) is 18.6 Å². The van der Waals surface area contributed by atoms with E-state index in [0.29, 0.717) is 80.6 Å². The summed E-state index contributed by atoms with van der Waals surface area (Å²) in [7, 11) is -7.25. The lowest BCUT2D eigenvalue weighted by atomic mass is 9.89. The second-order valence-corrected chi connectivity index (χ2v) is 27.2. The highest BCUT2D eigenvalue weighted by Gasteiger charge is 2.36. The molecule has 0 saturated carbocycles. The number of aryl methyl sites for hydroxylation is 1. The van der Waals surface area contributed by atoms with Crippen molar-refractivity contribution in [2.24, 2.45) is 0 Å². The first-order valence-corrected chi connectivity index (χ1v) is 31.8. The van der Waals surface area contributed by atoms with Gasteiger partial charge in [-0.05, 0) is 112 Å². The van der Waals surface area contributed by atoms with Gasteiger partial charge in [-0.1, -0.05) is 139 Å². The van der Waals surface area contributed by atoms with Crippen molar-refractivity contribution in [2.75, 3.05) is 68.8 Å². The number of hydrogen-bond acceptors (Lipinski definition) is 11. The Bertz CT molecular complexity index is 3010. The molecular formula is C60H82N6O5S4. The van der Waals surface area contributed by atoms with E-state index in [1.54, 1.807) is 31.3 Å². The SMILES string of the molecule is CCOc1ccc(-c2csc(N3CCN(S(=O)(=O)c4c(C(C)C)cc(C(C)C)cc4C(C)C)CC3)n2)cc1.CCc1ccc(-c2csc(N3CCN(S(=O)(=O)c4c(C(C)C)cc(C(C)C)cc4C(C)C)CC3)n2)cc1. The molecule has 75 heavy (non-hydrogen) atoms. The average molecular weight is 1100 g/mol. The van der Waals surface area contributed by atoms with E-state index in [-0.39, 0.29) is 23.7 Å². The van der Waals surface area contributed by atoms with Gasteiger partial charge in [0.1, 0.15) is 5.75 Å². The molecule has 2 fully saturated rings. The number of thiazole rings is 2. The Morgan fingerprint density at radius 3 is 1.11 bits per heavy atom. The van der Waals surface area contributed by atoms with E-state index in [4.69, 9.17) is 14.7 Å². The first-order chi connectivity index (χ1) is 35.5. The minimum atomic E-state index is -3.63. The molecule has 4 aromatic carbocycles. The molecule has 0 spiro atoms. The van der Waals surface area contributed by atoms with Gasteiger partial charge in [-0.3, -0.25) is 0 Å². The molecule has 0 amide bonds. The first-order valence-electron chi connectivity index (χ1n) is 27.1. The lowest BCUT2D eigenvalue weighted by Gasteiger charge is -2.35. The van der Waals surface area contributed by atoms with Crippen LogP contribution in [0.5, 0.6) is 5.75 Å². The molecule has 406 valence electrons. The predicted octanol–water partition coefficient (Wildman–Crippen LogP) is 14.3. The van der Waals surface area contributed by atoms with Crippen molar-refractivity contribution in [3.8, 4) is 28.3 Å². The summed E-state index contributed by atoms with van der Waals surface area (Å²) in [6, 6.07) is 25.0. The number of piperazine rings is 2. The van der Waals surface area contributed by atoms with E-state index in [1.807, 2.05) is 31.2 Å². The fourth-order valence-corrected chi connectivity index (χ4v) is 15.7. The lowest BCUT2D eigenvalue weighted by molar-refractivity contribution is 0.340. The molecule has 0 bridgehead atoms. The van der Waals surface area contributed by atoms with Gasteiger partial charge in [-0.25, -0.2) is 26.8 Å². The zero-order valence-corrected chi connectivity index (χ0v) is 50.2. The number of sulfonamides is 2. The molecule has 8 rings (SSSR count). The Labute approximate surface area is 458 Å². The summed E-state index contributed by atoms with van der Waals surface area (Å²) in [5.41, 5.74) is 11.5. The quantitative estimate of drug-likeness (QED) is 0.0880. The van der Waals surface area contributed by atoms with E-state index in [1.165, 1.54) is 16.7 Å². The van der Waals surface area contributed by atoms with E-state index in [0.717, 1.165) is 67.2 Å². The topological polar surface area (TPSA) is 116 Å². The van der Waals surface area contributed by atoms with Crippen LogP contribution in [0.3, 0.4) is 0 Å². The number of ether oxygens (including phenoxy) is 1. The van der Waals surface area contributed by atoms with Gasteiger partial charge in [0.15, 0.2) is 10.3 Å². The highest BCUT2D eigenvalue weighted by molar-refractivity contribution is 7.89. The Morgan fingerprint density at radius 1 is 0.480 bits per heavy atom. The zero-order valence-electron chi connectivity index (χ0n) is 47.0. The Morgan fingerprint density at radius 2 is 0.813 bits per heavy atom. The molecule has 0 radical (unpaired) electrons. The van der Waals surface area contributed by atoms with Crippen molar-refractivity contribution in [3.05, 3.63) is 123 Å². The summed E-state index contributed by atoms with van der Waals surface area (Å²) in [6.45, 7) is 34.5. The van der Waals surface area contributed by atoms with Crippen molar-refractivity contribution in [1.29, 1.82) is 0 Å². The molecule has 0 N–H and O–H groups in total. The third kappa shape index (κ3) is 13.2. The van der Waals surface area contributed by atoms with Crippen LogP contribution in [0.2, 0.25) is 0 Å². The van der Waals surface area contributed by atoms with Gasteiger partial charge < -0.3 is 14.5 Å². The Hall–Kier alpha value is -4.64. The first kappa shape index (κ1) is 58.1. The highest BCUT2D eigenvalue weighted by atomic mass is 32.2. The molecular weight excluding hydrogens is 1010 g/mol. The van der Waals surface area contributed by atoms with Gasteiger partial charge in [0.2, 0.25) is 20.0 Å². The number of rotatable bonds is 17. The van der Waals surface area contributed by atoms with E-state index in [9.17, 15) is 16.8 Å². The van der Waals surface area contributed by atoms with Crippen molar-refractivity contribution >= 4 is 53.0 Å². The monoisotopic (exact) mass is 1090 g/mol. The smallest absolute Gasteiger partial charge is 0.243 e. The van der Waals surface area contributed by atoms with Gasteiger partial charge in [0, 0.05) is 74.2 Å². The van der Waals surface area contributed by atoms with Gasteiger partial charge in [0.25, 0.3) is 0 Å². The second-order valence-electron chi connectivity index (χ2n) is 21.8. The molecule has 2 aliphatic rings. The van der Waals surface area contributed by atoms with Gasteiger partial charge >= 0.3 is 0 Å². The van der Waals surface area contributed by atoms with Gasteiger partial charge in [0.05, 0.1) is 27.8 Å². The molecule has 0 aliphatic carbocycles. The van der Waals surface area contributed by atoms with Gasteiger partial charge in [-0.2, -0.15) is 8.61 Å². The highest BCUT2D eigenvalue weighted by Crippen LogP contribution is 2.40. The summed E-state index contributed by atoms with van der Waals surface area (Å²) in [5, 5.41) is 6.05. The standard InChI is InChI=1S/C30H41N3O3S2.C30H41N3O2S2/c1-8-36-25-11-9-23(10-12-25)28-19-37-30(31-28)32-13-15-33(16-14-32)38(34,35)29-26(21(4)5)17-24(20(2)3)18-27(29)22(6)7;1-8-23-9-11-24(12-10-23)28-19-36-30(31-28)32-13-15-33(16-14-32)37(34,35)29-26(21(4)5)17-25(20(2)3)18-27(29)22(6)7/h9-12,17-22H,8,13-16H2,1-7H3;9-12,17-22H,8,13-16H2,1-7H3. The number of benzene rings is 4. The largest absolute Gasteiger partial charge is 0.494 e. The maximum Gasteiger partial charge on any atom is 0.243 e. The molecule has 2 aromatic heterocycles. The third-order valence-corrected chi connectivity index (χ3v) is 20.3. The van der Waals surface area contributed by atoms with Crippen LogP contribution in [0.15, 0.2) is 93.3 Å². The Balaban J connectivity index is 0.000000219. The van der Waals surface area contributed by atoms with E-state index < -0.39 is 20.0 Å². The molecule has 11 nitrogen and oxygen atoms in total. The van der Waals surface area contributed by atoms with Gasteiger partial charge in [-0.15, -0.1) is 22.7 Å². The van der Waals surface area contributed by atoms with Crippen LogP contribution >= 0.6 is 22.7 Å². The molecule has 4 heterocycles. The van der Waals surface area contributed by atoms with E-state index >= 15 is 0 Å². The minimum absolute atomic E-state index is 0.119. The predicted molar refractivity (Wildman–Crippen MR) is 315 cm³/mol. The second kappa shape index (κ2) is 24.8. The average Bonchev–Trinajstić information content (AvgIpc) is 4.10. The zero-order chi connectivity index (χ0) is 54.5. The van der Waals surface area contributed by atoms with Crippen molar-refractivity contribution in [3.63, 3.8) is 0 Å². The molecule has 15 heteroatoms. The van der Waals surface area contributed by atoms with Crippen LogP contribution in [0.1, 0.15) is 171 Å². The van der Waals surface area contributed by atoms with Crippen LogP contribution in [0, 0.1) is 0 Å². The fraction of sp³-hybridized carbons (Fsp3) is 0.500. The Kier molecular flexibility index (Phi) is 19.2. The van der Waals surface area contributed by atoms with Crippen molar-refractivity contribution < 1.29 is 21.6 Å². The molecule has 6 aromatic rings.